The van der Waals surface area contributed by atoms with E-state index in [1.54, 1.807) is 28.9 Å². The standard InChI is InChI=1S/C28H22Cl3FN6O/c1-16-33-28(38(35-16)25-12-19(29)8-10-22(25)31)27-14-20(13-26(39-27)17-5-3-2-4-6-17)37-15-24(34-36-37)18-7-9-21(30)23(32)11-18/h2-12,15,20,26-27H,13-14H2,1H3. The van der Waals surface area contributed by atoms with Gasteiger partial charge in [0.25, 0.3) is 0 Å². The Labute approximate surface area is 239 Å². The minimum absolute atomic E-state index is 0.0586. The smallest absolute Gasteiger partial charge is 0.161 e. The Balaban J connectivity index is 1.38. The zero-order chi connectivity index (χ0) is 27.1. The van der Waals surface area contributed by atoms with Crippen LogP contribution < -0.4 is 0 Å². The van der Waals surface area contributed by atoms with E-state index in [1.165, 1.54) is 12.1 Å². The van der Waals surface area contributed by atoms with Crippen molar-refractivity contribution >= 4 is 34.8 Å². The van der Waals surface area contributed by atoms with E-state index in [0.29, 0.717) is 51.5 Å². The van der Waals surface area contributed by atoms with Gasteiger partial charge in [0.1, 0.15) is 23.4 Å². The van der Waals surface area contributed by atoms with Gasteiger partial charge in [-0.1, -0.05) is 76.4 Å². The van der Waals surface area contributed by atoms with Crippen molar-refractivity contribution in [1.29, 1.82) is 0 Å². The van der Waals surface area contributed by atoms with Crippen LogP contribution in [0.5, 0.6) is 0 Å². The first-order valence-electron chi connectivity index (χ1n) is 12.3. The van der Waals surface area contributed by atoms with Gasteiger partial charge in [0, 0.05) is 23.4 Å². The molecule has 0 bridgehead atoms. The second-order valence-electron chi connectivity index (χ2n) is 9.39. The average Bonchev–Trinajstić information content (AvgIpc) is 3.59. The van der Waals surface area contributed by atoms with Gasteiger partial charge in [-0.05, 0) is 42.8 Å². The predicted molar refractivity (Wildman–Crippen MR) is 148 cm³/mol. The molecule has 1 aliphatic heterocycles. The minimum Gasteiger partial charge on any atom is -0.362 e. The van der Waals surface area contributed by atoms with Gasteiger partial charge in [-0.15, -0.1) is 5.10 Å². The fraction of sp³-hybridized carbons (Fsp3) is 0.214. The molecule has 7 nitrogen and oxygen atoms in total. The van der Waals surface area contributed by atoms with Gasteiger partial charge in [-0.25, -0.2) is 18.7 Å². The highest BCUT2D eigenvalue weighted by molar-refractivity contribution is 6.34. The lowest BCUT2D eigenvalue weighted by Gasteiger charge is -2.35. The normalized spacial score (nSPS) is 19.4. The molecule has 198 valence electrons. The summed E-state index contributed by atoms with van der Waals surface area (Å²) in [6, 6.07) is 19.7. The van der Waals surface area contributed by atoms with Gasteiger partial charge in [-0.2, -0.15) is 5.10 Å². The molecule has 3 unspecified atom stereocenters. The quantitative estimate of drug-likeness (QED) is 0.211. The van der Waals surface area contributed by atoms with E-state index in [1.807, 2.05) is 48.1 Å². The molecular formula is C28H22Cl3FN6O. The minimum atomic E-state index is -0.506. The third kappa shape index (κ3) is 5.30. The van der Waals surface area contributed by atoms with Gasteiger partial charge in [0.2, 0.25) is 0 Å². The first-order chi connectivity index (χ1) is 18.9. The third-order valence-electron chi connectivity index (χ3n) is 6.73. The van der Waals surface area contributed by atoms with Crippen molar-refractivity contribution in [2.45, 2.75) is 38.0 Å². The number of rotatable bonds is 5. The Hall–Kier alpha value is -3.30. The second-order valence-corrected chi connectivity index (χ2v) is 10.6. The molecule has 6 rings (SSSR count). The highest BCUT2D eigenvalue weighted by Crippen LogP contribution is 2.44. The molecule has 0 radical (unpaired) electrons. The maximum Gasteiger partial charge on any atom is 0.161 e. The van der Waals surface area contributed by atoms with Crippen LogP contribution in [-0.4, -0.2) is 29.8 Å². The Morgan fingerprint density at radius 2 is 1.69 bits per heavy atom. The number of benzene rings is 3. The highest BCUT2D eigenvalue weighted by Gasteiger charge is 2.36. The summed E-state index contributed by atoms with van der Waals surface area (Å²) in [5, 5.41) is 14.4. The van der Waals surface area contributed by atoms with Gasteiger partial charge >= 0.3 is 0 Å². The van der Waals surface area contributed by atoms with Crippen LogP contribution in [0.25, 0.3) is 16.9 Å². The van der Waals surface area contributed by atoms with Crippen LogP contribution in [0.2, 0.25) is 15.1 Å². The van der Waals surface area contributed by atoms with Crippen LogP contribution >= 0.6 is 34.8 Å². The molecular weight excluding hydrogens is 562 g/mol. The molecule has 0 spiro atoms. The monoisotopic (exact) mass is 582 g/mol. The lowest BCUT2D eigenvalue weighted by atomic mass is 9.93. The number of hydrogen-bond donors (Lipinski definition) is 0. The van der Waals surface area contributed by atoms with E-state index >= 15 is 0 Å². The lowest BCUT2D eigenvalue weighted by molar-refractivity contribution is -0.0788. The SMILES string of the molecule is Cc1nc(C2CC(n3cc(-c4ccc(Cl)c(F)c4)nn3)CC(c3ccccc3)O2)n(-c2cc(Cl)ccc2Cl)n1. The van der Waals surface area contributed by atoms with Crippen LogP contribution in [0.1, 0.15) is 48.3 Å². The maximum atomic E-state index is 14.1. The van der Waals surface area contributed by atoms with Crippen molar-refractivity contribution in [2.24, 2.45) is 0 Å². The number of aromatic nitrogens is 6. The van der Waals surface area contributed by atoms with Gasteiger partial charge in [-0.3, -0.25) is 0 Å². The van der Waals surface area contributed by atoms with E-state index in [2.05, 4.69) is 15.4 Å². The van der Waals surface area contributed by atoms with Crippen LogP contribution in [0.4, 0.5) is 4.39 Å². The molecule has 1 fully saturated rings. The summed E-state index contributed by atoms with van der Waals surface area (Å²) in [5.74, 6) is 0.687. The van der Waals surface area contributed by atoms with Crippen LogP contribution in [0.3, 0.4) is 0 Å². The van der Waals surface area contributed by atoms with Crippen LogP contribution in [0.15, 0.2) is 72.9 Å². The molecule has 3 aromatic carbocycles. The summed E-state index contributed by atoms with van der Waals surface area (Å²) in [6.45, 7) is 1.82. The molecule has 0 aliphatic carbocycles. The zero-order valence-corrected chi connectivity index (χ0v) is 22.9. The molecule has 1 aliphatic rings. The Morgan fingerprint density at radius 3 is 2.49 bits per heavy atom. The predicted octanol–water partition coefficient (Wildman–Crippen LogP) is 7.77. The first-order valence-corrected chi connectivity index (χ1v) is 13.5. The first kappa shape index (κ1) is 26.0. The summed E-state index contributed by atoms with van der Waals surface area (Å²) in [7, 11) is 0. The molecule has 0 saturated carbocycles. The summed E-state index contributed by atoms with van der Waals surface area (Å²) >= 11 is 18.7. The summed E-state index contributed by atoms with van der Waals surface area (Å²) < 4.78 is 24.3. The second kappa shape index (κ2) is 10.7. The van der Waals surface area contributed by atoms with Gasteiger partial charge < -0.3 is 4.74 Å². The van der Waals surface area contributed by atoms with Gasteiger partial charge in [0.15, 0.2) is 5.82 Å². The van der Waals surface area contributed by atoms with E-state index in [-0.39, 0.29) is 17.2 Å². The Bertz CT molecular complexity index is 1640. The van der Waals surface area contributed by atoms with Crippen molar-refractivity contribution in [3.05, 3.63) is 111 Å². The number of nitrogens with zero attached hydrogens (tertiary/aromatic N) is 6. The Morgan fingerprint density at radius 1 is 0.923 bits per heavy atom. The van der Waals surface area contributed by atoms with E-state index in [9.17, 15) is 4.39 Å². The number of aryl methyl sites for hydroxylation is 1. The van der Waals surface area contributed by atoms with Crippen molar-refractivity contribution in [3.8, 4) is 16.9 Å². The maximum absolute atomic E-state index is 14.1. The fourth-order valence-electron chi connectivity index (χ4n) is 4.87. The van der Waals surface area contributed by atoms with E-state index in [0.717, 1.165) is 5.56 Å². The number of halogens is 4. The largest absolute Gasteiger partial charge is 0.362 e. The number of ether oxygens (including phenoxy) is 1. The van der Waals surface area contributed by atoms with E-state index < -0.39 is 11.9 Å². The van der Waals surface area contributed by atoms with Crippen LogP contribution in [-0.2, 0) is 4.74 Å². The van der Waals surface area contributed by atoms with E-state index in [4.69, 9.17) is 44.5 Å². The average molecular weight is 584 g/mol. The zero-order valence-electron chi connectivity index (χ0n) is 20.7. The molecule has 11 heteroatoms. The molecule has 2 aromatic heterocycles. The molecule has 3 atom stereocenters. The molecule has 5 aromatic rings. The van der Waals surface area contributed by atoms with Gasteiger partial charge in [0.05, 0.1) is 34.1 Å². The Kier molecular flexibility index (Phi) is 7.12. The molecule has 39 heavy (non-hydrogen) atoms. The topological polar surface area (TPSA) is 70.7 Å². The molecule has 0 N–H and O–H groups in total. The van der Waals surface area contributed by atoms with Crippen molar-refractivity contribution in [3.63, 3.8) is 0 Å². The van der Waals surface area contributed by atoms with Crippen molar-refractivity contribution in [1.82, 2.24) is 29.8 Å². The fourth-order valence-corrected chi connectivity index (χ4v) is 5.35. The lowest BCUT2D eigenvalue weighted by Crippen LogP contribution is -2.27. The molecule has 3 heterocycles. The summed E-state index contributed by atoms with van der Waals surface area (Å²) in [4.78, 5) is 4.73. The van der Waals surface area contributed by atoms with Crippen LogP contribution in [0, 0.1) is 12.7 Å². The summed E-state index contributed by atoms with van der Waals surface area (Å²) in [6.07, 6.45) is 2.35. The van der Waals surface area contributed by atoms with Crippen molar-refractivity contribution < 1.29 is 9.13 Å². The molecule has 1 saturated heterocycles. The highest BCUT2D eigenvalue weighted by atomic mass is 35.5. The molecule has 0 amide bonds. The third-order valence-corrected chi connectivity index (χ3v) is 7.60. The van der Waals surface area contributed by atoms with Crippen molar-refractivity contribution in [2.75, 3.05) is 0 Å². The number of hydrogen-bond acceptors (Lipinski definition) is 5. The summed E-state index contributed by atoms with van der Waals surface area (Å²) in [5.41, 5.74) is 2.80.